The first-order chi connectivity index (χ1) is 7.56. The van der Waals surface area contributed by atoms with Crippen LogP contribution in [0.5, 0.6) is 5.75 Å². The summed E-state index contributed by atoms with van der Waals surface area (Å²) in [5.41, 5.74) is 7.02. The van der Waals surface area contributed by atoms with Gasteiger partial charge in [0.05, 0.1) is 11.7 Å². The quantitative estimate of drug-likeness (QED) is 0.776. The molecule has 0 amide bonds. The maximum Gasteiger partial charge on any atom is 0.168 e. The highest BCUT2D eigenvalue weighted by Crippen LogP contribution is 2.24. The van der Waals surface area contributed by atoms with Crippen molar-refractivity contribution in [3.05, 3.63) is 29.3 Å². The van der Waals surface area contributed by atoms with Gasteiger partial charge in [0.2, 0.25) is 0 Å². The number of aryl methyl sites for hydroxylation is 1. The number of carbonyl (C=O) groups is 1. The van der Waals surface area contributed by atoms with E-state index in [9.17, 15) is 4.79 Å². The van der Waals surface area contributed by atoms with E-state index in [1.807, 2.05) is 39.0 Å². The molecule has 3 nitrogen and oxygen atoms in total. The summed E-state index contributed by atoms with van der Waals surface area (Å²) in [4.78, 5) is 11.9. The lowest BCUT2D eigenvalue weighted by Gasteiger charge is -2.15. The van der Waals surface area contributed by atoms with Gasteiger partial charge in [0, 0.05) is 6.42 Å². The fourth-order valence-corrected chi connectivity index (χ4v) is 1.61. The summed E-state index contributed by atoms with van der Waals surface area (Å²) in [6.45, 7) is 6.17. The summed E-state index contributed by atoms with van der Waals surface area (Å²) in [5, 5.41) is 0. The molecule has 1 aromatic rings. The Morgan fingerprint density at radius 2 is 2.12 bits per heavy atom. The Labute approximate surface area is 96.6 Å². The maximum atomic E-state index is 11.9. The van der Waals surface area contributed by atoms with Gasteiger partial charge in [-0.15, -0.1) is 0 Å². The van der Waals surface area contributed by atoms with E-state index < -0.39 is 0 Å². The average molecular weight is 221 g/mol. The number of ketones is 1. The first-order valence-corrected chi connectivity index (χ1v) is 5.55. The van der Waals surface area contributed by atoms with Crippen LogP contribution in [0, 0.1) is 6.92 Å². The summed E-state index contributed by atoms with van der Waals surface area (Å²) < 4.78 is 5.63. The molecule has 0 saturated carbocycles. The summed E-state index contributed by atoms with van der Waals surface area (Å²) in [6, 6.07) is 5.64. The van der Waals surface area contributed by atoms with Crippen LogP contribution in [0.3, 0.4) is 0 Å². The number of nitrogens with two attached hydrogens (primary N) is 1. The molecule has 0 bridgehead atoms. The number of hydrogen-bond donors (Lipinski definition) is 1. The third-order valence-corrected chi connectivity index (χ3v) is 2.25. The normalized spacial score (nSPS) is 10.6. The summed E-state index contributed by atoms with van der Waals surface area (Å²) in [7, 11) is 0. The van der Waals surface area contributed by atoms with Crippen molar-refractivity contribution in [1.29, 1.82) is 0 Å². The summed E-state index contributed by atoms with van der Waals surface area (Å²) >= 11 is 0. The number of ether oxygens (including phenoxy) is 1. The molecule has 3 heteroatoms. The van der Waals surface area contributed by atoms with Gasteiger partial charge in [0.1, 0.15) is 5.75 Å². The number of benzene rings is 1. The van der Waals surface area contributed by atoms with E-state index in [1.54, 1.807) is 0 Å². The molecular formula is C13H19NO2. The van der Waals surface area contributed by atoms with Crippen molar-refractivity contribution in [3.8, 4) is 5.75 Å². The Morgan fingerprint density at radius 1 is 1.44 bits per heavy atom. The predicted molar refractivity (Wildman–Crippen MR) is 64.9 cm³/mol. The lowest BCUT2D eigenvalue weighted by atomic mass is 10.0. The van der Waals surface area contributed by atoms with Gasteiger partial charge in [-0.3, -0.25) is 4.79 Å². The maximum absolute atomic E-state index is 11.9. The molecule has 1 rings (SSSR count). The molecule has 1 aromatic carbocycles. The zero-order valence-corrected chi connectivity index (χ0v) is 10.1. The molecule has 0 spiro atoms. The molecule has 2 N–H and O–H groups in total. The molecule has 16 heavy (non-hydrogen) atoms. The third-order valence-electron chi connectivity index (χ3n) is 2.25. The zero-order valence-electron chi connectivity index (χ0n) is 10.1. The number of Topliss-reactive ketones (excluding diaryl/α,β-unsaturated/α-hetero) is 1. The van der Waals surface area contributed by atoms with Crippen LogP contribution in [0.25, 0.3) is 0 Å². The van der Waals surface area contributed by atoms with Gasteiger partial charge in [-0.2, -0.15) is 0 Å². The van der Waals surface area contributed by atoms with E-state index >= 15 is 0 Å². The third kappa shape index (κ3) is 3.07. The van der Waals surface area contributed by atoms with Crippen LogP contribution in [-0.2, 0) is 0 Å². The fourth-order valence-electron chi connectivity index (χ4n) is 1.61. The standard InChI is InChI=1S/C13H19NO2/c1-9(2)16-12-6-4-5-10(3)13(12)11(15)7-8-14/h4-6,9H,7-8,14H2,1-3H3. The van der Waals surface area contributed by atoms with Gasteiger partial charge in [-0.05, 0) is 38.9 Å². The lowest BCUT2D eigenvalue weighted by Crippen LogP contribution is -2.14. The second kappa shape index (κ2) is 5.66. The van der Waals surface area contributed by atoms with Crippen molar-refractivity contribution >= 4 is 5.78 Å². The Bertz CT molecular complexity index is 372. The minimum atomic E-state index is 0.0521. The van der Waals surface area contributed by atoms with Gasteiger partial charge in [0.25, 0.3) is 0 Å². The number of hydrogen-bond acceptors (Lipinski definition) is 3. The van der Waals surface area contributed by atoms with E-state index in [4.69, 9.17) is 10.5 Å². The summed E-state index contributed by atoms with van der Waals surface area (Å²) in [5.74, 6) is 0.713. The van der Waals surface area contributed by atoms with Crippen LogP contribution >= 0.6 is 0 Å². The van der Waals surface area contributed by atoms with E-state index in [0.717, 1.165) is 5.56 Å². The molecule has 0 saturated heterocycles. The Kier molecular flexibility index (Phi) is 4.50. The van der Waals surface area contributed by atoms with Crippen molar-refractivity contribution in [2.24, 2.45) is 5.73 Å². The highest BCUT2D eigenvalue weighted by molar-refractivity contribution is 6.00. The highest BCUT2D eigenvalue weighted by Gasteiger charge is 2.15. The van der Waals surface area contributed by atoms with Crippen LogP contribution in [0.1, 0.15) is 36.2 Å². The summed E-state index contributed by atoms with van der Waals surface area (Å²) in [6.07, 6.45) is 0.422. The van der Waals surface area contributed by atoms with Gasteiger partial charge in [-0.1, -0.05) is 12.1 Å². The molecule has 0 aromatic heterocycles. The molecule has 0 unspecified atom stereocenters. The van der Waals surface area contributed by atoms with Gasteiger partial charge in [-0.25, -0.2) is 0 Å². The molecule has 0 fully saturated rings. The zero-order chi connectivity index (χ0) is 12.1. The minimum absolute atomic E-state index is 0.0521. The first kappa shape index (κ1) is 12.7. The lowest BCUT2D eigenvalue weighted by molar-refractivity contribution is 0.0979. The van der Waals surface area contributed by atoms with Crippen LogP contribution < -0.4 is 10.5 Å². The van der Waals surface area contributed by atoms with Crippen molar-refractivity contribution < 1.29 is 9.53 Å². The van der Waals surface area contributed by atoms with Crippen molar-refractivity contribution in [3.63, 3.8) is 0 Å². The minimum Gasteiger partial charge on any atom is -0.490 e. The second-order valence-electron chi connectivity index (χ2n) is 4.08. The molecule has 0 aliphatic heterocycles. The molecule has 0 aliphatic carbocycles. The van der Waals surface area contributed by atoms with Crippen molar-refractivity contribution in [1.82, 2.24) is 0 Å². The van der Waals surface area contributed by atoms with Gasteiger partial charge in [0.15, 0.2) is 5.78 Å². The number of rotatable bonds is 5. The molecule has 0 aliphatic rings. The van der Waals surface area contributed by atoms with E-state index in [0.29, 0.717) is 24.3 Å². The highest BCUT2D eigenvalue weighted by atomic mass is 16.5. The van der Waals surface area contributed by atoms with Gasteiger partial charge < -0.3 is 10.5 Å². The number of carbonyl (C=O) groups excluding carboxylic acids is 1. The molecule has 0 heterocycles. The molecule has 0 atom stereocenters. The second-order valence-corrected chi connectivity index (χ2v) is 4.08. The Morgan fingerprint density at radius 3 is 2.69 bits per heavy atom. The monoisotopic (exact) mass is 221 g/mol. The van der Waals surface area contributed by atoms with Gasteiger partial charge >= 0.3 is 0 Å². The van der Waals surface area contributed by atoms with Crippen LogP contribution in [-0.4, -0.2) is 18.4 Å². The smallest absolute Gasteiger partial charge is 0.168 e. The fraction of sp³-hybridized carbons (Fsp3) is 0.462. The Hall–Kier alpha value is -1.35. The van der Waals surface area contributed by atoms with E-state index in [2.05, 4.69) is 0 Å². The van der Waals surface area contributed by atoms with Crippen LogP contribution in [0.15, 0.2) is 18.2 Å². The van der Waals surface area contributed by atoms with E-state index in [-0.39, 0.29) is 11.9 Å². The average Bonchev–Trinajstić information content (AvgIpc) is 2.16. The predicted octanol–water partition coefficient (Wildman–Crippen LogP) is 2.31. The molecule has 0 radical (unpaired) electrons. The van der Waals surface area contributed by atoms with Crippen LogP contribution in [0.4, 0.5) is 0 Å². The van der Waals surface area contributed by atoms with Crippen molar-refractivity contribution in [2.75, 3.05) is 6.54 Å². The largest absolute Gasteiger partial charge is 0.490 e. The SMILES string of the molecule is Cc1cccc(OC(C)C)c1C(=O)CCN. The Balaban J connectivity index is 3.07. The van der Waals surface area contributed by atoms with Crippen LogP contribution in [0.2, 0.25) is 0 Å². The molecule has 88 valence electrons. The van der Waals surface area contributed by atoms with E-state index in [1.165, 1.54) is 0 Å². The first-order valence-electron chi connectivity index (χ1n) is 5.55. The molecular weight excluding hydrogens is 202 g/mol. The topological polar surface area (TPSA) is 52.3 Å². The van der Waals surface area contributed by atoms with Crippen molar-refractivity contribution in [2.45, 2.75) is 33.3 Å².